The summed E-state index contributed by atoms with van der Waals surface area (Å²) < 4.78 is 0. The first-order valence-corrected chi connectivity index (χ1v) is 4.21. The van der Waals surface area contributed by atoms with Gasteiger partial charge in [0.2, 0.25) is 0 Å². The van der Waals surface area contributed by atoms with Crippen LogP contribution in [0.4, 0.5) is 0 Å². The Morgan fingerprint density at radius 3 is 0.688 bits per heavy atom. The van der Waals surface area contributed by atoms with Crippen molar-refractivity contribution in [1.82, 2.24) is 0 Å². The van der Waals surface area contributed by atoms with Gasteiger partial charge in [-0.3, -0.25) is 0 Å². The Morgan fingerprint density at radius 2 is 0.688 bits per heavy atom. The van der Waals surface area contributed by atoms with E-state index in [1.54, 1.807) is 24.3 Å². The summed E-state index contributed by atoms with van der Waals surface area (Å²) in [5.74, 6) is 0. The maximum atomic E-state index is 7.32. The van der Waals surface area contributed by atoms with Crippen LogP contribution in [0.1, 0.15) is 27.7 Å². The van der Waals surface area contributed by atoms with Gasteiger partial charge in [-0.05, 0) is 0 Å². The quantitative estimate of drug-likeness (QED) is 0.679. The molecule has 0 radical (unpaired) electrons. The van der Waals surface area contributed by atoms with Gasteiger partial charge in [-0.1, -0.05) is 0 Å². The molecule has 0 heterocycles. The normalized spacial score (nSPS) is 3.88. The first kappa shape index (κ1) is 29.2. The molecule has 0 saturated carbocycles. The molecule has 0 saturated heterocycles. The van der Waals surface area contributed by atoms with Crippen LogP contribution in [0.5, 0.6) is 0 Å². The summed E-state index contributed by atoms with van der Waals surface area (Å²) in [6, 6.07) is 7.00. The van der Waals surface area contributed by atoms with E-state index in [0.717, 1.165) is 0 Å². The summed E-state index contributed by atoms with van der Waals surface area (Å²) in [5, 5.41) is 29.3. The van der Waals surface area contributed by atoms with Crippen molar-refractivity contribution in [3.8, 4) is 24.3 Å². The predicted molar refractivity (Wildman–Crippen MR) is 63.3 cm³/mol. The lowest BCUT2D eigenvalue weighted by Gasteiger charge is -1.72. The highest BCUT2D eigenvalue weighted by Gasteiger charge is 1.54. The molecule has 16 heavy (non-hydrogen) atoms. The Morgan fingerprint density at radius 1 is 0.625 bits per heavy atom. The minimum atomic E-state index is 0.597. The van der Waals surface area contributed by atoms with Crippen molar-refractivity contribution >= 4 is 0 Å². The highest BCUT2D eigenvalue weighted by molar-refractivity contribution is 4.51. The molecule has 0 aromatic heterocycles. The monoisotopic (exact) mass is 224 g/mol. The van der Waals surface area contributed by atoms with E-state index in [1.807, 2.05) is 0 Å². The van der Waals surface area contributed by atoms with Crippen LogP contribution in [0.2, 0.25) is 0 Å². The van der Waals surface area contributed by atoms with Crippen molar-refractivity contribution in [1.29, 1.82) is 21.0 Å². The van der Waals surface area contributed by atoms with Crippen LogP contribution >= 0.6 is 0 Å². The SMILES string of the molecule is CC#N.CC#N.CC#N.CC#N.NCCN. The van der Waals surface area contributed by atoms with E-state index in [4.69, 9.17) is 32.5 Å². The number of nitriles is 4. The summed E-state index contributed by atoms with van der Waals surface area (Å²) in [7, 11) is 0. The molecule has 0 aliphatic carbocycles. The molecule has 6 heteroatoms. The fourth-order valence-electron chi connectivity index (χ4n) is 0. The molecule has 0 aromatic rings. The minimum absolute atomic E-state index is 0.597. The van der Waals surface area contributed by atoms with Crippen molar-refractivity contribution in [3.63, 3.8) is 0 Å². The van der Waals surface area contributed by atoms with Crippen molar-refractivity contribution < 1.29 is 0 Å². The van der Waals surface area contributed by atoms with E-state index in [1.165, 1.54) is 27.7 Å². The van der Waals surface area contributed by atoms with Gasteiger partial charge in [0.1, 0.15) is 0 Å². The van der Waals surface area contributed by atoms with Crippen LogP contribution < -0.4 is 11.5 Å². The molecule has 0 amide bonds. The fraction of sp³-hybridized carbons (Fsp3) is 0.600. The van der Waals surface area contributed by atoms with Crippen molar-refractivity contribution in [2.75, 3.05) is 13.1 Å². The highest BCUT2D eigenvalue weighted by atomic mass is 14.6. The maximum Gasteiger partial charge on any atom is 0.0587 e. The van der Waals surface area contributed by atoms with Crippen LogP contribution in [-0.2, 0) is 0 Å². The number of hydrogen-bond acceptors (Lipinski definition) is 6. The van der Waals surface area contributed by atoms with E-state index >= 15 is 0 Å². The number of nitrogens with two attached hydrogens (primary N) is 2. The molecule has 0 aliphatic heterocycles. The Bertz CT molecular complexity index is 172. The molecule has 0 aliphatic rings. The Kier molecular flexibility index (Phi) is 220. The summed E-state index contributed by atoms with van der Waals surface area (Å²) in [6.07, 6.45) is 0. The third kappa shape index (κ3) is 1120. The number of nitrogens with zero attached hydrogens (tertiary/aromatic N) is 4. The first-order chi connectivity index (χ1) is 7.57. The van der Waals surface area contributed by atoms with Gasteiger partial charge in [-0.15, -0.1) is 0 Å². The van der Waals surface area contributed by atoms with E-state index < -0.39 is 0 Å². The lowest BCUT2D eigenvalue weighted by atomic mass is 10.7. The highest BCUT2D eigenvalue weighted by Crippen LogP contribution is 1.24. The summed E-state index contributed by atoms with van der Waals surface area (Å²) in [5.41, 5.74) is 9.81. The van der Waals surface area contributed by atoms with Crippen LogP contribution in [0, 0.1) is 45.3 Å². The molecule has 0 fully saturated rings. The topological polar surface area (TPSA) is 147 Å². The molecule has 0 rings (SSSR count). The predicted octanol–water partition coefficient (Wildman–Crippen LogP) is 1.02. The smallest absolute Gasteiger partial charge is 0.0587 e. The molecule has 0 unspecified atom stereocenters. The number of hydrogen-bond donors (Lipinski definition) is 2. The average Bonchev–Trinajstić information content (AvgIpc) is 2.22. The largest absolute Gasteiger partial charge is 0.329 e. The van der Waals surface area contributed by atoms with E-state index in [2.05, 4.69) is 0 Å². The van der Waals surface area contributed by atoms with Gasteiger partial charge >= 0.3 is 0 Å². The standard InChI is InChI=1S/C2H8N2.4C2H3N/c3-1-2-4;4*1-2-3/h1-4H2;4*1H3. The summed E-state index contributed by atoms with van der Waals surface area (Å²) in [4.78, 5) is 0. The zero-order valence-electron chi connectivity index (χ0n) is 10.4. The zero-order chi connectivity index (χ0) is 14.2. The van der Waals surface area contributed by atoms with Gasteiger partial charge in [0.25, 0.3) is 0 Å². The Hall–Kier alpha value is -2.12. The lowest BCUT2D eigenvalue weighted by Crippen LogP contribution is -2.11. The maximum absolute atomic E-state index is 7.32. The average molecular weight is 224 g/mol. The molecule has 90 valence electrons. The van der Waals surface area contributed by atoms with Gasteiger partial charge in [0, 0.05) is 40.8 Å². The minimum Gasteiger partial charge on any atom is -0.329 e. The Labute approximate surface area is 98.3 Å². The molecule has 0 aromatic carbocycles. The lowest BCUT2D eigenvalue weighted by molar-refractivity contribution is 0.976. The first-order valence-electron chi connectivity index (χ1n) is 4.21. The van der Waals surface area contributed by atoms with Crippen molar-refractivity contribution in [3.05, 3.63) is 0 Å². The van der Waals surface area contributed by atoms with Gasteiger partial charge in [0.15, 0.2) is 0 Å². The molecular formula is C10H20N6. The van der Waals surface area contributed by atoms with Crippen molar-refractivity contribution in [2.45, 2.75) is 27.7 Å². The molecule has 0 spiro atoms. The molecule has 0 bridgehead atoms. The molecule has 0 atom stereocenters. The van der Waals surface area contributed by atoms with Gasteiger partial charge in [-0.2, -0.15) is 21.0 Å². The zero-order valence-corrected chi connectivity index (χ0v) is 10.4. The summed E-state index contributed by atoms with van der Waals surface area (Å²) in [6.45, 7) is 6.92. The van der Waals surface area contributed by atoms with Crippen LogP contribution in [-0.4, -0.2) is 13.1 Å². The second-order valence-corrected chi connectivity index (χ2v) is 1.47. The van der Waals surface area contributed by atoms with E-state index in [0.29, 0.717) is 13.1 Å². The fourth-order valence-corrected chi connectivity index (χ4v) is 0. The Balaban J connectivity index is -0.0000000317. The van der Waals surface area contributed by atoms with Crippen LogP contribution in [0.3, 0.4) is 0 Å². The van der Waals surface area contributed by atoms with E-state index in [9.17, 15) is 0 Å². The third-order valence-corrected chi connectivity index (χ3v) is 0.167. The van der Waals surface area contributed by atoms with Gasteiger partial charge in [-0.25, -0.2) is 0 Å². The second-order valence-electron chi connectivity index (χ2n) is 1.47. The molecule has 4 N–H and O–H groups in total. The number of rotatable bonds is 1. The third-order valence-electron chi connectivity index (χ3n) is 0.167. The van der Waals surface area contributed by atoms with Gasteiger partial charge in [0.05, 0.1) is 24.3 Å². The van der Waals surface area contributed by atoms with Crippen molar-refractivity contribution in [2.24, 2.45) is 11.5 Å². The summed E-state index contributed by atoms with van der Waals surface area (Å²) >= 11 is 0. The second kappa shape index (κ2) is 121. The molecular weight excluding hydrogens is 204 g/mol. The van der Waals surface area contributed by atoms with E-state index in [-0.39, 0.29) is 0 Å². The van der Waals surface area contributed by atoms with Gasteiger partial charge < -0.3 is 11.5 Å². The van der Waals surface area contributed by atoms with Crippen LogP contribution in [0.25, 0.3) is 0 Å². The molecule has 6 nitrogen and oxygen atoms in total. The van der Waals surface area contributed by atoms with Crippen LogP contribution in [0.15, 0.2) is 0 Å².